The second-order valence-electron chi connectivity index (χ2n) is 10.0. The summed E-state index contributed by atoms with van der Waals surface area (Å²) in [5, 5.41) is 37.3. The maximum Gasteiger partial charge on any atom is 0.317 e. The van der Waals surface area contributed by atoms with Gasteiger partial charge in [0.2, 0.25) is 23.6 Å². The molecular formula is C33H44N6O11. The van der Waals surface area contributed by atoms with Crippen molar-refractivity contribution in [1.29, 1.82) is 0 Å². The zero-order valence-corrected chi connectivity index (χ0v) is 28.2. The number of carboxylic acid groups (broad SMARTS) is 3. The van der Waals surface area contributed by atoms with Crippen LogP contribution in [0.25, 0.3) is 0 Å². The maximum atomic E-state index is 12.8. The summed E-state index contributed by atoms with van der Waals surface area (Å²) < 4.78 is 5.40. The van der Waals surface area contributed by atoms with Crippen LogP contribution in [0.1, 0.15) is 39.5 Å². The highest BCUT2D eigenvalue weighted by atomic mass is 16.5. The summed E-state index contributed by atoms with van der Waals surface area (Å²) in [6.07, 6.45) is 0.875. The summed E-state index contributed by atoms with van der Waals surface area (Å²) >= 11 is 0. The van der Waals surface area contributed by atoms with E-state index >= 15 is 0 Å². The number of hydrogen-bond acceptors (Lipinski definition) is 10. The molecule has 0 spiro atoms. The first-order valence-corrected chi connectivity index (χ1v) is 15.6. The summed E-state index contributed by atoms with van der Waals surface area (Å²) in [5.74, 6) is 15.0. The monoisotopic (exact) mass is 700 g/mol. The van der Waals surface area contributed by atoms with Gasteiger partial charge >= 0.3 is 17.9 Å². The van der Waals surface area contributed by atoms with Crippen LogP contribution in [-0.4, -0.2) is 145 Å². The van der Waals surface area contributed by atoms with Crippen molar-refractivity contribution in [3.05, 3.63) is 0 Å². The molecule has 0 bridgehead atoms. The Morgan fingerprint density at radius 2 is 1.06 bits per heavy atom. The topological polar surface area (TPSA) is 244 Å². The first-order valence-electron chi connectivity index (χ1n) is 15.6. The molecule has 4 amide bonds. The van der Waals surface area contributed by atoms with E-state index in [0.717, 1.165) is 4.90 Å². The van der Waals surface area contributed by atoms with Gasteiger partial charge in [-0.25, -0.2) is 0 Å². The third-order valence-electron chi connectivity index (χ3n) is 5.78. The van der Waals surface area contributed by atoms with Crippen molar-refractivity contribution in [3.63, 3.8) is 0 Å². The molecule has 0 heterocycles. The molecule has 272 valence electrons. The standard InChI is InChI=1S/C33H44N6O11/c1-3-5-7-9-11-13-27(40)36-21-26(37-28(41)14-12-10-8-6-4-2)33(49)35-16-20-50-19-15-34-29(42)22-38(23-30(43)44)17-18-39(24-31(45)46)25-32(47)48/h26H,3-4,13-25H2,1-2H3,(H,34,42)(H,35,49)(H,36,40)(H,37,41)(H,43,44)(H,45,46)(H,47,48). The minimum absolute atomic E-state index is 0.0245. The fraction of sp³-hybridized carbons (Fsp3) is 0.545. The van der Waals surface area contributed by atoms with Crippen LogP contribution in [0.15, 0.2) is 0 Å². The quantitative estimate of drug-likeness (QED) is 0.0425. The van der Waals surface area contributed by atoms with Crippen molar-refractivity contribution in [2.75, 3.05) is 72.1 Å². The van der Waals surface area contributed by atoms with E-state index in [2.05, 4.69) is 68.6 Å². The highest BCUT2D eigenvalue weighted by molar-refractivity contribution is 5.89. The van der Waals surface area contributed by atoms with Gasteiger partial charge in [0.05, 0.1) is 52.2 Å². The molecule has 0 aliphatic carbocycles. The van der Waals surface area contributed by atoms with Crippen LogP contribution in [-0.2, 0) is 38.3 Å². The van der Waals surface area contributed by atoms with Gasteiger partial charge in [-0.05, 0) is 23.7 Å². The molecule has 7 N–H and O–H groups in total. The van der Waals surface area contributed by atoms with Crippen molar-refractivity contribution in [2.45, 2.75) is 45.6 Å². The molecule has 1 unspecified atom stereocenters. The highest BCUT2D eigenvalue weighted by Gasteiger charge is 2.21. The van der Waals surface area contributed by atoms with Gasteiger partial charge in [0.1, 0.15) is 6.04 Å². The fourth-order valence-corrected chi connectivity index (χ4v) is 3.61. The van der Waals surface area contributed by atoms with Gasteiger partial charge < -0.3 is 41.3 Å². The normalized spacial score (nSPS) is 10.3. The lowest BCUT2D eigenvalue weighted by Gasteiger charge is -2.24. The van der Waals surface area contributed by atoms with Crippen LogP contribution in [0.4, 0.5) is 0 Å². The Morgan fingerprint density at radius 3 is 1.56 bits per heavy atom. The van der Waals surface area contributed by atoms with E-state index in [0.29, 0.717) is 12.8 Å². The van der Waals surface area contributed by atoms with Crippen LogP contribution >= 0.6 is 0 Å². The number of aliphatic carboxylic acids is 3. The number of hydrogen-bond donors (Lipinski definition) is 7. The Kier molecular flexibility index (Phi) is 25.2. The molecule has 0 aliphatic rings. The van der Waals surface area contributed by atoms with Gasteiger partial charge in [0.25, 0.3) is 0 Å². The molecule has 0 aromatic carbocycles. The molecule has 0 aromatic heterocycles. The SMILES string of the molecule is CCC#CC#CCC(=O)NCC(NC(=O)CC#CC#CCC)C(=O)NCCOCCNC(=O)CN(CCN(CC(=O)O)CC(=O)O)CC(=O)O. The van der Waals surface area contributed by atoms with Gasteiger partial charge in [-0.1, -0.05) is 37.5 Å². The number of rotatable bonds is 23. The number of carbonyl (C=O) groups is 7. The second kappa shape index (κ2) is 28.4. The van der Waals surface area contributed by atoms with E-state index in [1.54, 1.807) is 0 Å². The number of amides is 4. The molecule has 17 nitrogen and oxygen atoms in total. The molecule has 0 saturated carbocycles. The Hall–Kier alpha value is -5.59. The third kappa shape index (κ3) is 26.5. The lowest BCUT2D eigenvalue weighted by atomic mass is 10.2. The molecule has 0 rings (SSSR count). The van der Waals surface area contributed by atoms with Crippen LogP contribution < -0.4 is 21.3 Å². The van der Waals surface area contributed by atoms with Gasteiger partial charge in [-0.3, -0.25) is 43.4 Å². The summed E-state index contributed by atoms with van der Waals surface area (Å²) in [6.45, 7) is 1.42. The molecule has 0 fully saturated rings. The molecule has 17 heteroatoms. The molecule has 50 heavy (non-hydrogen) atoms. The summed E-state index contributed by atoms with van der Waals surface area (Å²) in [4.78, 5) is 85.1. The molecular weight excluding hydrogens is 656 g/mol. The number of nitrogens with zero attached hydrogens (tertiary/aromatic N) is 2. The van der Waals surface area contributed by atoms with Crippen LogP contribution in [0, 0.1) is 47.4 Å². The molecule has 0 saturated heterocycles. The Morgan fingerprint density at radius 1 is 0.600 bits per heavy atom. The smallest absolute Gasteiger partial charge is 0.317 e. The summed E-state index contributed by atoms with van der Waals surface area (Å²) in [5.41, 5.74) is 0. The fourth-order valence-electron chi connectivity index (χ4n) is 3.61. The summed E-state index contributed by atoms with van der Waals surface area (Å²) in [6, 6.07) is -1.13. The minimum Gasteiger partial charge on any atom is -0.480 e. The van der Waals surface area contributed by atoms with Crippen molar-refractivity contribution in [3.8, 4) is 47.4 Å². The molecule has 1 atom stereocenters. The largest absolute Gasteiger partial charge is 0.480 e. The first-order chi connectivity index (χ1) is 23.9. The Labute approximate surface area is 291 Å². The van der Waals surface area contributed by atoms with Crippen LogP contribution in [0.5, 0.6) is 0 Å². The number of carboxylic acids is 3. The van der Waals surface area contributed by atoms with E-state index in [-0.39, 0.29) is 65.3 Å². The predicted molar refractivity (Wildman–Crippen MR) is 178 cm³/mol. The Bertz CT molecular complexity index is 1400. The third-order valence-corrected chi connectivity index (χ3v) is 5.78. The maximum absolute atomic E-state index is 12.8. The van der Waals surface area contributed by atoms with E-state index in [1.807, 2.05) is 13.8 Å². The van der Waals surface area contributed by atoms with Crippen LogP contribution in [0.3, 0.4) is 0 Å². The van der Waals surface area contributed by atoms with Gasteiger partial charge in [-0.15, -0.1) is 0 Å². The zero-order chi connectivity index (χ0) is 37.6. The average molecular weight is 701 g/mol. The number of ether oxygens (including phenoxy) is 1. The Balaban J connectivity index is 4.83. The van der Waals surface area contributed by atoms with Crippen molar-refractivity contribution < 1.29 is 53.6 Å². The van der Waals surface area contributed by atoms with E-state index < -0.39 is 67.2 Å². The molecule has 0 aromatic rings. The van der Waals surface area contributed by atoms with Gasteiger partial charge in [0.15, 0.2) is 0 Å². The first kappa shape index (κ1) is 44.4. The van der Waals surface area contributed by atoms with Crippen LogP contribution in [0.2, 0.25) is 0 Å². The van der Waals surface area contributed by atoms with Crippen molar-refractivity contribution in [2.24, 2.45) is 0 Å². The number of carbonyl (C=O) groups excluding carboxylic acids is 4. The lowest BCUT2D eigenvalue weighted by Crippen LogP contribution is -2.53. The van der Waals surface area contributed by atoms with E-state index in [9.17, 15) is 33.6 Å². The van der Waals surface area contributed by atoms with E-state index in [4.69, 9.17) is 20.1 Å². The molecule has 0 radical (unpaired) electrons. The molecule has 0 aliphatic heterocycles. The minimum atomic E-state index is -1.26. The van der Waals surface area contributed by atoms with Gasteiger partial charge in [-0.2, -0.15) is 0 Å². The highest BCUT2D eigenvalue weighted by Crippen LogP contribution is 1.95. The van der Waals surface area contributed by atoms with Gasteiger partial charge in [0, 0.05) is 45.6 Å². The number of nitrogens with one attached hydrogen (secondary N) is 4. The van der Waals surface area contributed by atoms with Crippen molar-refractivity contribution >= 4 is 41.5 Å². The van der Waals surface area contributed by atoms with Crippen molar-refractivity contribution in [1.82, 2.24) is 31.1 Å². The van der Waals surface area contributed by atoms with E-state index in [1.165, 1.54) is 4.90 Å². The zero-order valence-electron chi connectivity index (χ0n) is 28.2. The average Bonchev–Trinajstić information content (AvgIpc) is 3.03. The predicted octanol–water partition coefficient (Wildman–Crippen LogP) is -2.69. The summed E-state index contributed by atoms with van der Waals surface area (Å²) in [7, 11) is 0. The lowest BCUT2D eigenvalue weighted by molar-refractivity contribution is -0.143. The second-order valence-corrected chi connectivity index (χ2v) is 10.0.